The van der Waals surface area contributed by atoms with Gasteiger partial charge in [-0.1, -0.05) is 12.2 Å². The average Bonchev–Trinajstić information content (AvgIpc) is 3.28. The third-order valence-corrected chi connectivity index (χ3v) is 7.00. The molecule has 2 aliphatic carbocycles. The highest BCUT2D eigenvalue weighted by Gasteiger charge is 2.59. The Hall–Kier alpha value is -3.03. The van der Waals surface area contributed by atoms with Crippen LogP contribution < -0.4 is 10.5 Å². The zero-order valence-electron chi connectivity index (χ0n) is 17.7. The fraction of sp³-hybridized carbons (Fsp3) is 0.478. The van der Waals surface area contributed by atoms with Gasteiger partial charge in [0.15, 0.2) is 5.82 Å². The standard InChI is InChI=1S/C23H26FN5O2/c1-27-20(30)10-19(15-8-9-25-11-18(15)24)26-23(27)28(2)21-16-12-29(13-17(16)21)22(31)14-6-4-3-5-7-14/h3-4,8-11,14,16-17,21H,5-7,12-13H2,1-2H3/t14?,16-,17+,21+. The molecule has 4 atom stereocenters. The molecule has 2 fully saturated rings. The molecule has 5 rings (SSSR count). The van der Waals surface area contributed by atoms with E-state index >= 15 is 0 Å². The van der Waals surface area contributed by atoms with Gasteiger partial charge in [-0.25, -0.2) is 9.37 Å². The Morgan fingerprint density at radius 2 is 2.03 bits per heavy atom. The highest BCUT2D eigenvalue weighted by molar-refractivity contribution is 5.80. The van der Waals surface area contributed by atoms with Crippen LogP contribution in [0.3, 0.4) is 0 Å². The fourth-order valence-electron chi connectivity index (χ4n) is 5.22. The Labute approximate surface area is 180 Å². The largest absolute Gasteiger partial charge is 0.342 e. The number of halogens is 1. The van der Waals surface area contributed by atoms with E-state index in [1.165, 1.54) is 22.9 Å². The molecule has 8 heteroatoms. The highest BCUT2D eigenvalue weighted by Crippen LogP contribution is 2.49. The van der Waals surface area contributed by atoms with Crippen molar-refractivity contribution in [2.24, 2.45) is 24.8 Å². The van der Waals surface area contributed by atoms with Crippen LogP contribution in [0, 0.1) is 23.6 Å². The summed E-state index contributed by atoms with van der Waals surface area (Å²) in [5.74, 6) is 1.16. The number of pyridine rings is 1. The van der Waals surface area contributed by atoms with Crippen molar-refractivity contribution in [3.8, 4) is 11.3 Å². The molecule has 1 saturated heterocycles. The summed E-state index contributed by atoms with van der Waals surface area (Å²) in [5.41, 5.74) is 0.325. The van der Waals surface area contributed by atoms with E-state index in [4.69, 9.17) is 0 Å². The lowest BCUT2D eigenvalue weighted by Crippen LogP contribution is -2.40. The van der Waals surface area contributed by atoms with E-state index in [9.17, 15) is 14.0 Å². The van der Waals surface area contributed by atoms with E-state index in [-0.39, 0.29) is 29.0 Å². The van der Waals surface area contributed by atoms with E-state index in [1.54, 1.807) is 7.05 Å². The summed E-state index contributed by atoms with van der Waals surface area (Å²) in [4.78, 5) is 37.8. The first-order valence-corrected chi connectivity index (χ1v) is 10.8. The van der Waals surface area contributed by atoms with Gasteiger partial charge in [0.2, 0.25) is 11.9 Å². The van der Waals surface area contributed by atoms with Crippen LogP contribution in [-0.4, -0.2) is 51.5 Å². The first-order chi connectivity index (χ1) is 15.0. The molecule has 0 radical (unpaired) electrons. The maximum Gasteiger partial charge on any atom is 0.255 e. The number of piperidine rings is 1. The zero-order chi connectivity index (χ0) is 21.7. The summed E-state index contributed by atoms with van der Waals surface area (Å²) >= 11 is 0. The molecule has 0 spiro atoms. The number of aromatic nitrogens is 3. The number of hydrogen-bond acceptors (Lipinski definition) is 5. The number of amides is 1. The first-order valence-electron chi connectivity index (χ1n) is 10.8. The number of allylic oxidation sites excluding steroid dienone is 2. The first kappa shape index (κ1) is 19.9. The molecule has 0 bridgehead atoms. The Morgan fingerprint density at radius 1 is 1.26 bits per heavy atom. The SMILES string of the molecule is CN(c1nc(-c2ccncc2F)cc(=O)n1C)[C@H]1[C@@H]2CN(C(=O)C3CC=CCC3)C[C@@H]21. The quantitative estimate of drug-likeness (QED) is 0.706. The van der Waals surface area contributed by atoms with Gasteiger partial charge in [-0.3, -0.25) is 19.1 Å². The minimum atomic E-state index is -0.508. The summed E-state index contributed by atoms with van der Waals surface area (Å²) in [5, 5.41) is 0. The molecule has 1 amide bonds. The number of carbonyl (C=O) groups excluding carboxylic acids is 1. The Kier molecular flexibility index (Phi) is 4.87. The van der Waals surface area contributed by atoms with Crippen molar-refractivity contribution in [3.05, 3.63) is 52.8 Å². The van der Waals surface area contributed by atoms with Crippen molar-refractivity contribution in [1.82, 2.24) is 19.4 Å². The lowest BCUT2D eigenvalue weighted by atomic mass is 9.93. The minimum Gasteiger partial charge on any atom is -0.342 e. The van der Waals surface area contributed by atoms with Crippen LogP contribution in [0.25, 0.3) is 11.3 Å². The smallest absolute Gasteiger partial charge is 0.255 e. The van der Waals surface area contributed by atoms with Gasteiger partial charge in [-0.05, 0) is 25.3 Å². The molecule has 3 aliphatic rings. The van der Waals surface area contributed by atoms with Gasteiger partial charge in [0, 0.05) is 68.8 Å². The predicted molar refractivity (Wildman–Crippen MR) is 115 cm³/mol. The van der Waals surface area contributed by atoms with Crippen LogP contribution >= 0.6 is 0 Å². The van der Waals surface area contributed by atoms with Crippen molar-refractivity contribution >= 4 is 11.9 Å². The van der Waals surface area contributed by atoms with Crippen molar-refractivity contribution in [3.63, 3.8) is 0 Å². The van der Waals surface area contributed by atoms with Gasteiger partial charge >= 0.3 is 0 Å². The van der Waals surface area contributed by atoms with Crippen LogP contribution in [0.5, 0.6) is 0 Å². The fourth-order valence-corrected chi connectivity index (χ4v) is 5.22. The molecular formula is C23H26FN5O2. The normalized spacial score (nSPS) is 26.6. The Morgan fingerprint density at radius 3 is 2.71 bits per heavy atom. The van der Waals surface area contributed by atoms with Crippen molar-refractivity contribution in [2.75, 3.05) is 25.0 Å². The van der Waals surface area contributed by atoms with Gasteiger partial charge in [0.25, 0.3) is 5.56 Å². The van der Waals surface area contributed by atoms with Crippen LogP contribution in [0.2, 0.25) is 0 Å². The second-order valence-corrected chi connectivity index (χ2v) is 8.85. The van der Waals surface area contributed by atoms with Crippen LogP contribution in [0.1, 0.15) is 19.3 Å². The summed E-state index contributed by atoms with van der Waals surface area (Å²) in [6.07, 6.45) is 9.64. The molecule has 2 aromatic rings. The van der Waals surface area contributed by atoms with E-state index in [0.29, 0.717) is 23.5 Å². The van der Waals surface area contributed by atoms with Gasteiger partial charge in [-0.2, -0.15) is 0 Å². The van der Waals surface area contributed by atoms with Crippen molar-refractivity contribution in [1.29, 1.82) is 0 Å². The number of nitrogens with zero attached hydrogens (tertiary/aromatic N) is 5. The van der Waals surface area contributed by atoms with Crippen LogP contribution in [0.15, 0.2) is 41.5 Å². The maximum atomic E-state index is 14.2. The third-order valence-electron chi connectivity index (χ3n) is 7.00. The number of likely N-dealkylation sites (tertiary alicyclic amines) is 1. The minimum absolute atomic E-state index is 0.119. The number of fused-ring (bicyclic) bond motifs is 1. The molecule has 1 unspecified atom stereocenters. The Bertz CT molecular complexity index is 1100. The molecule has 0 aromatic carbocycles. The predicted octanol–water partition coefficient (Wildman–Crippen LogP) is 2.23. The summed E-state index contributed by atoms with van der Waals surface area (Å²) in [6.45, 7) is 1.51. The van der Waals surface area contributed by atoms with Gasteiger partial charge in [-0.15, -0.1) is 0 Å². The van der Waals surface area contributed by atoms with Gasteiger partial charge < -0.3 is 9.80 Å². The molecule has 1 aliphatic heterocycles. The Balaban J connectivity index is 1.33. The van der Waals surface area contributed by atoms with Gasteiger partial charge in [0.05, 0.1) is 11.9 Å². The summed E-state index contributed by atoms with van der Waals surface area (Å²) in [7, 11) is 3.61. The van der Waals surface area contributed by atoms with E-state index in [1.807, 2.05) is 16.8 Å². The topological polar surface area (TPSA) is 71.3 Å². The molecule has 1 saturated carbocycles. The summed E-state index contributed by atoms with van der Waals surface area (Å²) in [6, 6.07) is 3.10. The van der Waals surface area contributed by atoms with E-state index in [0.717, 1.165) is 38.5 Å². The number of carbonyl (C=O) groups is 1. The van der Waals surface area contributed by atoms with Crippen molar-refractivity contribution in [2.45, 2.75) is 25.3 Å². The summed E-state index contributed by atoms with van der Waals surface area (Å²) < 4.78 is 15.7. The second kappa shape index (κ2) is 7.59. The zero-order valence-corrected chi connectivity index (χ0v) is 17.7. The van der Waals surface area contributed by atoms with Crippen molar-refractivity contribution < 1.29 is 9.18 Å². The molecule has 0 N–H and O–H groups in total. The maximum absolute atomic E-state index is 14.2. The monoisotopic (exact) mass is 423 g/mol. The van der Waals surface area contributed by atoms with Crippen LogP contribution in [-0.2, 0) is 11.8 Å². The number of hydrogen-bond donors (Lipinski definition) is 0. The van der Waals surface area contributed by atoms with Gasteiger partial charge in [0.1, 0.15) is 0 Å². The third kappa shape index (κ3) is 3.43. The average molecular weight is 423 g/mol. The van der Waals surface area contributed by atoms with E-state index < -0.39 is 5.82 Å². The molecule has 2 aromatic heterocycles. The second-order valence-electron chi connectivity index (χ2n) is 8.85. The van der Waals surface area contributed by atoms with E-state index in [2.05, 4.69) is 22.1 Å². The molecule has 162 valence electrons. The molecule has 7 nitrogen and oxygen atoms in total. The number of rotatable bonds is 4. The lowest BCUT2D eigenvalue weighted by molar-refractivity contribution is -0.135. The number of anilines is 1. The lowest BCUT2D eigenvalue weighted by Gasteiger charge is -2.29. The molecule has 3 heterocycles. The highest BCUT2D eigenvalue weighted by atomic mass is 19.1. The molecule has 31 heavy (non-hydrogen) atoms. The molecular weight excluding hydrogens is 397 g/mol. The van der Waals surface area contributed by atoms with Crippen LogP contribution in [0.4, 0.5) is 10.3 Å².